The molecule has 0 saturated heterocycles. The minimum absolute atomic E-state index is 0. The first kappa shape index (κ1) is 26.8. The second kappa shape index (κ2) is 17.4. The molecule has 1 amide bonds. The van der Waals surface area contributed by atoms with Crippen molar-refractivity contribution in [3.63, 3.8) is 0 Å². The second-order valence-corrected chi connectivity index (χ2v) is 4.66. The Morgan fingerprint density at radius 3 is 1.81 bits per heavy atom. The summed E-state index contributed by atoms with van der Waals surface area (Å²) in [5, 5.41) is 9.65. The summed E-state index contributed by atoms with van der Waals surface area (Å²) in [6.45, 7) is 12.2. The first-order valence-corrected chi connectivity index (χ1v) is 6.26. The van der Waals surface area contributed by atoms with Gasteiger partial charge in [-0.25, -0.2) is 0 Å². The average Bonchev–Trinajstić information content (AvgIpc) is 2.35. The van der Waals surface area contributed by atoms with Crippen LogP contribution >= 0.6 is 0 Å². The van der Waals surface area contributed by atoms with Gasteiger partial charge in [0.1, 0.15) is 5.60 Å². The number of carbonyl (C=O) groups excluding carboxylic acids is 2. The van der Waals surface area contributed by atoms with Gasteiger partial charge in [0.25, 0.3) is 6.47 Å². The number of rotatable bonds is 6. The van der Waals surface area contributed by atoms with Gasteiger partial charge < -0.3 is 24.9 Å². The summed E-state index contributed by atoms with van der Waals surface area (Å²) in [6, 6.07) is 0. The predicted molar refractivity (Wildman–Crippen MR) is 77.1 cm³/mol. The smallest absolute Gasteiger partial charge is 0.320 e. The summed E-state index contributed by atoms with van der Waals surface area (Å²) in [4.78, 5) is 30.6. The molecule has 0 heterocycles. The van der Waals surface area contributed by atoms with E-state index in [2.05, 4.69) is 30.5 Å². The second-order valence-electron chi connectivity index (χ2n) is 4.66. The van der Waals surface area contributed by atoms with Gasteiger partial charge in [-0.05, 0) is 40.9 Å². The Kier molecular flexibility index (Phi) is 22.2. The largest absolute Gasteiger partial charge is 0.521 e. The van der Waals surface area contributed by atoms with E-state index in [1.807, 2.05) is 26.1 Å². The number of nitrogens with one attached hydrogen (secondary N) is 1. The van der Waals surface area contributed by atoms with Crippen LogP contribution < -0.4 is 5.32 Å². The van der Waals surface area contributed by atoms with Crippen molar-refractivity contribution >= 4 is 18.9 Å². The molecule has 21 heavy (non-hydrogen) atoms. The molecule has 0 fully saturated rings. The molecule has 0 saturated carbocycles. The molecule has 8 heteroatoms. The maximum atomic E-state index is 9.60. The number of hydrogen-bond donors (Lipinski definition) is 2. The zero-order valence-electron chi connectivity index (χ0n) is 13.5. The van der Waals surface area contributed by atoms with Gasteiger partial charge >= 0.3 is 5.97 Å². The summed E-state index contributed by atoms with van der Waals surface area (Å²) < 4.78 is 4.55. The maximum absolute atomic E-state index is 9.60. The molecule has 0 bridgehead atoms. The Morgan fingerprint density at radius 1 is 1.33 bits per heavy atom. The summed E-state index contributed by atoms with van der Waals surface area (Å²) in [6.07, 6.45) is 1.22. The summed E-state index contributed by atoms with van der Waals surface area (Å²) in [5.41, 5.74) is -0.318. The Hall–Kier alpha value is -2.63. The van der Waals surface area contributed by atoms with E-state index >= 15 is 0 Å². The van der Waals surface area contributed by atoms with E-state index in [0.29, 0.717) is 6.47 Å². The monoisotopic (exact) mass is 548 g/mol. The predicted octanol–water partition coefficient (Wildman–Crippen LogP) is 0.644. The number of aliphatic carboxylic acids is 1. The van der Waals surface area contributed by atoms with Crippen LogP contribution in [-0.2, 0) is 19.1 Å². The van der Waals surface area contributed by atoms with Crippen molar-refractivity contribution in [1.29, 1.82) is 0 Å². The number of amides is 1. The molecule has 7 nitrogen and oxygen atoms in total. The maximum Gasteiger partial charge on any atom is 0.320 e. The zero-order valence-corrected chi connectivity index (χ0v) is 15.9. The van der Waals surface area contributed by atoms with Crippen LogP contribution in [0, 0.1) is 0 Å². The van der Waals surface area contributed by atoms with E-state index < -0.39 is 5.97 Å². The van der Waals surface area contributed by atoms with Crippen molar-refractivity contribution in [2.75, 3.05) is 26.7 Å². The molecule has 0 aromatic heterocycles. The van der Waals surface area contributed by atoms with Crippen LogP contribution in [0.3, 0.4) is 0 Å². The third-order valence-corrected chi connectivity index (χ3v) is 1.79. The average molecular weight is 548 g/mol. The molecule has 0 aliphatic carbocycles. The molecular formula is C13H27FmN2O5-. The molecule has 0 atom stereocenters. The standard InChI is InChI=1S/C5H13N.C5H10O2.C3H4NO3.Fm/c1-4-6(3)5-2;1-5(2,3)7-4-6;5-2-4-1-3(6)7;/h4-5H2,1-3H3;4H,1-3H3;1H2,(H,4,5)(H,6,7);/q;;-1;. The number of carbonyl (C=O) groups is 2. The van der Waals surface area contributed by atoms with E-state index in [1.54, 1.807) is 0 Å². The minimum atomic E-state index is -1.07. The minimum Gasteiger partial charge on any atom is -0.521 e. The van der Waals surface area contributed by atoms with Gasteiger partial charge in [-0.15, -0.1) is 0 Å². The van der Waals surface area contributed by atoms with Crippen LogP contribution in [-0.4, -0.2) is 61.1 Å². The normalized spacial score (nSPS) is 8.90. The molecule has 0 aliphatic heterocycles. The van der Waals surface area contributed by atoms with Crippen LogP contribution in [0.25, 0.3) is 0 Å². The van der Waals surface area contributed by atoms with Crippen molar-refractivity contribution in [2.24, 2.45) is 0 Å². The van der Waals surface area contributed by atoms with Gasteiger partial charge in [0.05, 0.1) is 6.54 Å². The van der Waals surface area contributed by atoms with E-state index in [1.165, 1.54) is 6.41 Å². The van der Waals surface area contributed by atoms with E-state index in [-0.39, 0.29) is 12.1 Å². The topological polar surface area (TPSA) is 95.9 Å². The molecule has 0 aromatic carbocycles. The van der Waals surface area contributed by atoms with Gasteiger partial charge in [-0.3, -0.25) is 9.59 Å². The van der Waals surface area contributed by atoms with E-state index in [0.717, 1.165) is 13.1 Å². The van der Waals surface area contributed by atoms with Crippen molar-refractivity contribution in [3.05, 3.63) is 0 Å². The van der Waals surface area contributed by atoms with Crippen molar-refractivity contribution in [3.8, 4) is 0 Å². The fraction of sp³-hybridized carbons (Fsp3) is 0.769. The van der Waals surface area contributed by atoms with Gasteiger partial charge in [-0.2, -0.15) is 6.41 Å². The fourth-order valence-electron chi connectivity index (χ4n) is 0.480. The zero-order chi connectivity index (χ0) is 16.6. The van der Waals surface area contributed by atoms with Gasteiger partial charge in [0.2, 0.25) is 0 Å². The van der Waals surface area contributed by atoms with Crippen molar-refractivity contribution in [2.45, 2.75) is 40.2 Å². The third kappa shape index (κ3) is 46.7. The SMILES string of the molecule is CC(C)(C)OC=O.CCN(C)CC.O=[C-]NCC(=O)O.[Fm]. The first-order valence-electron chi connectivity index (χ1n) is 6.26. The molecule has 2 N–H and O–H groups in total. The Labute approximate surface area is 121 Å². The number of nitrogens with zero attached hydrogens (tertiary/aromatic N) is 1. The Bertz CT molecular complexity index is 253. The molecule has 0 unspecified atom stereocenters. The van der Waals surface area contributed by atoms with Gasteiger partial charge in [-0.1, -0.05) is 13.8 Å². The molecule has 0 spiro atoms. The molecule has 0 aliphatic rings. The Morgan fingerprint density at radius 2 is 1.76 bits per heavy atom. The fourth-order valence-corrected chi connectivity index (χ4v) is 0.480. The summed E-state index contributed by atoms with van der Waals surface area (Å²) in [5.74, 6) is -1.07. The van der Waals surface area contributed by atoms with Gasteiger partial charge in [0, 0.05) is 0 Å². The van der Waals surface area contributed by atoms with E-state index in [9.17, 15) is 14.4 Å². The quantitative estimate of drug-likeness (QED) is 0.288. The number of hydrogen-bond acceptors (Lipinski definition) is 5. The molecular weight excluding hydrogens is 521 g/mol. The number of carboxylic acid groups (broad SMARTS) is 1. The Balaban J connectivity index is -0.000000101. The molecule has 132 valence electrons. The van der Waals surface area contributed by atoms with Crippen molar-refractivity contribution < 1.29 is 24.2 Å². The van der Waals surface area contributed by atoms with Crippen LogP contribution in [0.5, 0.6) is 0 Å². The van der Waals surface area contributed by atoms with Crippen LogP contribution in [0.4, 0.5) is 0 Å². The number of ether oxygens (including phenoxy) is 1. The van der Waals surface area contributed by atoms with Crippen LogP contribution in [0.2, 0.25) is 0 Å². The summed E-state index contributed by atoms with van der Waals surface area (Å²) >= 11 is 0. The third-order valence-electron chi connectivity index (χ3n) is 1.79. The molecule has 0 rings (SSSR count). The van der Waals surface area contributed by atoms with Gasteiger partial charge in [0.15, 0.2) is 0 Å². The van der Waals surface area contributed by atoms with Crippen LogP contribution in [0.1, 0.15) is 34.6 Å². The first-order chi connectivity index (χ1) is 9.14. The molecule has 0 radical (unpaired) electrons. The van der Waals surface area contributed by atoms with E-state index in [4.69, 9.17) is 5.11 Å². The molecule has 0 aromatic rings. The number of carboxylic acids is 1. The van der Waals surface area contributed by atoms with Crippen molar-refractivity contribution in [1.82, 2.24) is 10.2 Å². The summed E-state index contributed by atoms with van der Waals surface area (Å²) in [7, 11) is 2.11. The van der Waals surface area contributed by atoms with Crippen LogP contribution in [0.15, 0.2) is 0 Å².